The van der Waals surface area contributed by atoms with Crippen molar-refractivity contribution in [2.75, 3.05) is 0 Å². The predicted molar refractivity (Wildman–Crippen MR) is 119 cm³/mol. The highest BCUT2D eigenvalue weighted by Gasteiger charge is 2.22. The quantitative estimate of drug-likeness (QED) is 0.252. The van der Waals surface area contributed by atoms with Gasteiger partial charge in [-0.2, -0.15) is 0 Å². The lowest BCUT2D eigenvalue weighted by Gasteiger charge is -2.17. The predicted octanol–water partition coefficient (Wildman–Crippen LogP) is 6.71. The van der Waals surface area contributed by atoms with E-state index in [9.17, 15) is 4.79 Å². The molecule has 0 amide bonds. The molecule has 4 aromatic rings. The summed E-state index contributed by atoms with van der Waals surface area (Å²) in [5, 5.41) is 1.85. The standard InChI is InChI=1S/C25H19BrO3/c1-17-15-21-20(13-8-14-22(21)26)24(28-16-18-9-4-2-5-10-18)23(17)25(27)29-19-11-6-3-7-12-19/h2-15H,16H2,1H3. The molecule has 0 aliphatic rings. The van der Waals surface area contributed by atoms with Gasteiger partial charge in [-0.15, -0.1) is 0 Å². The molecule has 0 aromatic heterocycles. The number of halogens is 1. The van der Waals surface area contributed by atoms with Crippen molar-refractivity contribution in [1.29, 1.82) is 0 Å². The van der Waals surface area contributed by atoms with Crippen LogP contribution in [0.1, 0.15) is 21.5 Å². The Morgan fingerprint density at radius 2 is 1.55 bits per heavy atom. The molecule has 0 bridgehead atoms. The third kappa shape index (κ3) is 4.17. The number of fused-ring (bicyclic) bond motifs is 1. The summed E-state index contributed by atoms with van der Waals surface area (Å²) in [6.07, 6.45) is 0. The van der Waals surface area contributed by atoms with Gasteiger partial charge in [0.15, 0.2) is 0 Å². The van der Waals surface area contributed by atoms with E-state index in [4.69, 9.17) is 9.47 Å². The van der Waals surface area contributed by atoms with E-state index in [1.165, 1.54) is 0 Å². The average Bonchev–Trinajstić information content (AvgIpc) is 2.74. The van der Waals surface area contributed by atoms with Crippen molar-refractivity contribution in [2.24, 2.45) is 0 Å². The molecule has 0 spiro atoms. The molecule has 144 valence electrons. The zero-order valence-electron chi connectivity index (χ0n) is 15.9. The van der Waals surface area contributed by atoms with Crippen LogP contribution in [-0.4, -0.2) is 5.97 Å². The molecule has 4 heteroatoms. The van der Waals surface area contributed by atoms with Crippen molar-refractivity contribution in [3.05, 3.63) is 106 Å². The number of rotatable bonds is 5. The zero-order chi connectivity index (χ0) is 20.2. The van der Waals surface area contributed by atoms with E-state index in [2.05, 4.69) is 15.9 Å². The number of hydrogen-bond acceptors (Lipinski definition) is 3. The van der Waals surface area contributed by atoms with E-state index in [-0.39, 0.29) is 0 Å². The summed E-state index contributed by atoms with van der Waals surface area (Å²) in [5.74, 6) is 0.602. The first-order valence-corrected chi connectivity index (χ1v) is 10.1. The van der Waals surface area contributed by atoms with Crippen molar-refractivity contribution < 1.29 is 14.3 Å². The highest BCUT2D eigenvalue weighted by atomic mass is 79.9. The molecule has 0 fully saturated rings. The largest absolute Gasteiger partial charge is 0.487 e. The van der Waals surface area contributed by atoms with E-state index in [1.54, 1.807) is 12.1 Å². The molecule has 0 atom stereocenters. The van der Waals surface area contributed by atoms with Gasteiger partial charge in [-0.3, -0.25) is 0 Å². The highest BCUT2D eigenvalue weighted by molar-refractivity contribution is 9.10. The van der Waals surface area contributed by atoms with Gasteiger partial charge < -0.3 is 9.47 Å². The van der Waals surface area contributed by atoms with E-state index in [0.717, 1.165) is 26.4 Å². The maximum atomic E-state index is 13.1. The van der Waals surface area contributed by atoms with Crippen LogP contribution in [0.4, 0.5) is 0 Å². The lowest BCUT2D eigenvalue weighted by molar-refractivity contribution is 0.0729. The Balaban J connectivity index is 1.79. The van der Waals surface area contributed by atoms with Gasteiger partial charge in [-0.05, 0) is 47.7 Å². The summed E-state index contributed by atoms with van der Waals surface area (Å²) in [6, 6.07) is 26.8. The summed E-state index contributed by atoms with van der Waals surface area (Å²) >= 11 is 3.60. The van der Waals surface area contributed by atoms with E-state index >= 15 is 0 Å². The van der Waals surface area contributed by atoms with E-state index < -0.39 is 5.97 Å². The smallest absolute Gasteiger partial charge is 0.347 e. The van der Waals surface area contributed by atoms with Crippen molar-refractivity contribution in [2.45, 2.75) is 13.5 Å². The maximum Gasteiger partial charge on any atom is 0.347 e. The molecule has 0 saturated carbocycles. The molecule has 0 radical (unpaired) electrons. The topological polar surface area (TPSA) is 35.5 Å². The second kappa shape index (κ2) is 8.50. The van der Waals surface area contributed by atoms with Crippen LogP contribution in [0.3, 0.4) is 0 Å². The Morgan fingerprint density at radius 3 is 2.28 bits per heavy atom. The number of benzene rings is 4. The van der Waals surface area contributed by atoms with Crippen LogP contribution in [0.5, 0.6) is 11.5 Å². The van der Waals surface area contributed by atoms with Crippen LogP contribution in [0.2, 0.25) is 0 Å². The Bertz CT molecular complexity index is 1160. The summed E-state index contributed by atoms with van der Waals surface area (Å²) in [4.78, 5) is 13.1. The molecule has 0 saturated heterocycles. The van der Waals surface area contributed by atoms with Crippen LogP contribution in [0.25, 0.3) is 10.8 Å². The molecule has 4 aromatic carbocycles. The van der Waals surface area contributed by atoms with Gasteiger partial charge in [0.1, 0.15) is 23.7 Å². The van der Waals surface area contributed by atoms with Gasteiger partial charge in [-0.1, -0.05) is 76.6 Å². The minimum atomic E-state index is -0.432. The van der Waals surface area contributed by atoms with Crippen molar-refractivity contribution in [1.82, 2.24) is 0 Å². The number of carbonyl (C=O) groups excluding carboxylic acids is 1. The Morgan fingerprint density at radius 1 is 0.862 bits per heavy atom. The zero-order valence-corrected chi connectivity index (χ0v) is 17.5. The molecule has 0 heterocycles. The number of hydrogen-bond donors (Lipinski definition) is 0. The Kier molecular flexibility index (Phi) is 5.63. The third-order valence-electron chi connectivity index (χ3n) is 4.66. The van der Waals surface area contributed by atoms with Crippen LogP contribution < -0.4 is 9.47 Å². The molecule has 3 nitrogen and oxygen atoms in total. The molecule has 29 heavy (non-hydrogen) atoms. The fourth-order valence-electron chi connectivity index (χ4n) is 3.26. The molecule has 0 aliphatic carbocycles. The number of ether oxygens (including phenoxy) is 2. The fourth-order valence-corrected chi connectivity index (χ4v) is 3.74. The normalized spacial score (nSPS) is 10.7. The number of carbonyl (C=O) groups is 1. The minimum Gasteiger partial charge on any atom is -0.487 e. The molecule has 0 unspecified atom stereocenters. The first-order valence-electron chi connectivity index (χ1n) is 9.29. The number of para-hydroxylation sites is 1. The van der Waals surface area contributed by atoms with Crippen molar-refractivity contribution in [3.8, 4) is 11.5 Å². The molecule has 4 rings (SSSR count). The molecule has 0 N–H and O–H groups in total. The summed E-state index contributed by atoms with van der Waals surface area (Å²) in [5.41, 5.74) is 2.27. The summed E-state index contributed by atoms with van der Waals surface area (Å²) in [7, 11) is 0. The first kappa shape index (κ1) is 19.2. The lowest BCUT2D eigenvalue weighted by atomic mass is 10.00. The monoisotopic (exact) mass is 446 g/mol. The van der Waals surface area contributed by atoms with Gasteiger partial charge in [0.2, 0.25) is 0 Å². The van der Waals surface area contributed by atoms with Gasteiger partial charge in [0.05, 0.1) is 0 Å². The van der Waals surface area contributed by atoms with Crippen molar-refractivity contribution in [3.63, 3.8) is 0 Å². The fraction of sp³-hybridized carbons (Fsp3) is 0.0800. The van der Waals surface area contributed by atoms with Crippen molar-refractivity contribution >= 4 is 32.7 Å². The lowest BCUT2D eigenvalue weighted by Crippen LogP contribution is -2.13. The Labute approximate surface area is 178 Å². The Hall–Kier alpha value is -3.11. The SMILES string of the molecule is Cc1cc2c(Br)cccc2c(OCc2ccccc2)c1C(=O)Oc1ccccc1. The molecular formula is C25H19BrO3. The van der Waals surface area contributed by atoms with Gasteiger partial charge in [0.25, 0.3) is 0 Å². The van der Waals surface area contributed by atoms with E-state index in [1.807, 2.05) is 79.7 Å². The van der Waals surface area contributed by atoms with Crippen LogP contribution >= 0.6 is 15.9 Å². The highest BCUT2D eigenvalue weighted by Crippen LogP contribution is 2.37. The second-order valence-corrected chi connectivity index (χ2v) is 7.56. The summed E-state index contributed by atoms with van der Waals surface area (Å²) in [6.45, 7) is 2.26. The molecule has 0 aliphatic heterocycles. The minimum absolute atomic E-state index is 0.359. The van der Waals surface area contributed by atoms with Gasteiger partial charge in [-0.25, -0.2) is 4.79 Å². The number of esters is 1. The summed E-state index contributed by atoms with van der Waals surface area (Å²) < 4.78 is 12.8. The van der Waals surface area contributed by atoms with Crippen LogP contribution in [0, 0.1) is 6.92 Å². The van der Waals surface area contributed by atoms with Crippen LogP contribution in [0.15, 0.2) is 89.4 Å². The third-order valence-corrected chi connectivity index (χ3v) is 5.36. The van der Waals surface area contributed by atoms with Gasteiger partial charge in [0, 0.05) is 9.86 Å². The van der Waals surface area contributed by atoms with Crippen LogP contribution in [-0.2, 0) is 6.61 Å². The maximum absolute atomic E-state index is 13.1. The first-order chi connectivity index (χ1) is 14.1. The average molecular weight is 447 g/mol. The van der Waals surface area contributed by atoms with Gasteiger partial charge >= 0.3 is 5.97 Å². The molecular weight excluding hydrogens is 428 g/mol. The number of aryl methyl sites for hydroxylation is 1. The second-order valence-electron chi connectivity index (χ2n) is 6.71. The van der Waals surface area contributed by atoms with E-state index in [0.29, 0.717) is 23.7 Å².